The van der Waals surface area contributed by atoms with Crippen molar-refractivity contribution < 1.29 is 9.90 Å². The molecule has 0 aliphatic heterocycles. The molecule has 7 heteroatoms. The molecule has 0 spiro atoms. The number of aryl methyl sites for hydroxylation is 1. The van der Waals surface area contributed by atoms with Gasteiger partial charge in [-0.3, -0.25) is 9.59 Å². The summed E-state index contributed by atoms with van der Waals surface area (Å²) in [4.78, 5) is 31.3. The van der Waals surface area contributed by atoms with Crippen LogP contribution in [0.15, 0.2) is 29.1 Å². The molecule has 128 valence electrons. The van der Waals surface area contributed by atoms with Gasteiger partial charge in [-0.2, -0.15) is 0 Å². The van der Waals surface area contributed by atoms with Crippen LogP contribution in [0.1, 0.15) is 53.3 Å². The first-order valence-electron chi connectivity index (χ1n) is 7.62. The standard InChI is InChI=1S/C17H20ClN3O3/c1-9(2)15-20-10(3)14(17(24)21-15)16(23)19-8-13(22)11-4-6-12(18)7-5-11/h4-7,9,13,22H,8H2,1-3H3,(H,19,23)(H,20,21,24)/t13-/m1/s1. The Hall–Kier alpha value is -2.18. The molecule has 1 aromatic heterocycles. The van der Waals surface area contributed by atoms with Crippen LogP contribution in [0.3, 0.4) is 0 Å². The second-order valence-corrected chi connectivity index (χ2v) is 6.28. The van der Waals surface area contributed by atoms with Gasteiger partial charge in [0.2, 0.25) is 0 Å². The van der Waals surface area contributed by atoms with E-state index in [4.69, 9.17) is 11.6 Å². The molecule has 2 rings (SSSR count). The Bertz CT molecular complexity index is 785. The number of carbonyl (C=O) groups is 1. The molecule has 2 aromatic rings. The van der Waals surface area contributed by atoms with Crippen LogP contribution in [0.5, 0.6) is 0 Å². The Labute approximate surface area is 144 Å². The summed E-state index contributed by atoms with van der Waals surface area (Å²) in [6.07, 6.45) is -0.895. The van der Waals surface area contributed by atoms with Crippen LogP contribution in [-0.4, -0.2) is 27.5 Å². The van der Waals surface area contributed by atoms with Crippen molar-refractivity contribution >= 4 is 17.5 Å². The summed E-state index contributed by atoms with van der Waals surface area (Å²) < 4.78 is 0. The number of H-pyrrole nitrogens is 1. The molecule has 6 nitrogen and oxygen atoms in total. The summed E-state index contributed by atoms with van der Waals surface area (Å²) >= 11 is 5.80. The molecular weight excluding hydrogens is 330 g/mol. The maximum Gasteiger partial charge on any atom is 0.264 e. The Morgan fingerprint density at radius 2 is 1.96 bits per heavy atom. The minimum Gasteiger partial charge on any atom is -0.387 e. The molecule has 0 saturated heterocycles. The van der Waals surface area contributed by atoms with E-state index in [1.54, 1.807) is 31.2 Å². The molecule has 1 heterocycles. The summed E-state index contributed by atoms with van der Waals surface area (Å²) in [5, 5.41) is 13.2. The SMILES string of the molecule is Cc1nc(C(C)C)[nH]c(=O)c1C(=O)NC[C@@H](O)c1ccc(Cl)cc1. The van der Waals surface area contributed by atoms with Crippen molar-refractivity contribution in [2.24, 2.45) is 0 Å². The second kappa shape index (κ2) is 7.59. The van der Waals surface area contributed by atoms with Gasteiger partial charge >= 0.3 is 0 Å². The summed E-state index contributed by atoms with van der Waals surface area (Å²) in [6, 6.07) is 6.67. The van der Waals surface area contributed by atoms with Gasteiger partial charge in [-0.1, -0.05) is 37.6 Å². The molecule has 3 N–H and O–H groups in total. The fraction of sp³-hybridized carbons (Fsp3) is 0.353. The molecule has 0 aliphatic carbocycles. The third-order valence-electron chi connectivity index (χ3n) is 3.60. The van der Waals surface area contributed by atoms with Gasteiger partial charge in [0.05, 0.1) is 11.8 Å². The van der Waals surface area contributed by atoms with Gasteiger partial charge in [-0.25, -0.2) is 4.98 Å². The maximum absolute atomic E-state index is 12.3. The molecule has 1 atom stereocenters. The predicted octanol–water partition coefficient (Wildman–Crippen LogP) is 2.32. The number of amides is 1. The van der Waals surface area contributed by atoms with E-state index in [-0.39, 0.29) is 18.0 Å². The van der Waals surface area contributed by atoms with Gasteiger partial charge in [0.25, 0.3) is 11.5 Å². The number of nitrogens with zero attached hydrogens (tertiary/aromatic N) is 1. The Balaban J connectivity index is 2.10. The topological polar surface area (TPSA) is 95.1 Å². The monoisotopic (exact) mass is 349 g/mol. The highest BCUT2D eigenvalue weighted by molar-refractivity contribution is 6.30. The number of carbonyl (C=O) groups excluding carboxylic acids is 1. The normalized spacial score (nSPS) is 12.2. The molecule has 1 amide bonds. The Kier molecular flexibility index (Phi) is 5.75. The second-order valence-electron chi connectivity index (χ2n) is 5.84. The van der Waals surface area contributed by atoms with E-state index < -0.39 is 17.6 Å². The van der Waals surface area contributed by atoms with Crippen LogP contribution in [0.25, 0.3) is 0 Å². The van der Waals surface area contributed by atoms with E-state index >= 15 is 0 Å². The van der Waals surface area contributed by atoms with Gasteiger partial charge in [0, 0.05) is 17.5 Å². The molecule has 0 radical (unpaired) electrons. The predicted molar refractivity (Wildman–Crippen MR) is 92.4 cm³/mol. The van der Waals surface area contributed by atoms with Crippen molar-refractivity contribution in [3.63, 3.8) is 0 Å². The first-order chi connectivity index (χ1) is 11.3. The molecule has 0 unspecified atom stereocenters. The van der Waals surface area contributed by atoms with E-state index in [1.807, 2.05) is 13.8 Å². The van der Waals surface area contributed by atoms with Crippen LogP contribution in [0.2, 0.25) is 5.02 Å². The van der Waals surface area contributed by atoms with E-state index in [1.165, 1.54) is 0 Å². The number of aromatic nitrogens is 2. The number of halogens is 1. The smallest absolute Gasteiger partial charge is 0.264 e. The lowest BCUT2D eigenvalue weighted by Gasteiger charge is -2.13. The first kappa shape index (κ1) is 18.2. The molecule has 0 saturated carbocycles. The number of hydrogen-bond acceptors (Lipinski definition) is 4. The molecular formula is C17H20ClN3O3. The summed E-state index contributed by atoms with van der Waals surface area (Å²) in [7, 11) is 0. The number of rotatable bonds is 5. The van der Waals surface area contributed by atoms with E-state index in [0.29, 0.717) is 22.1 Å². The van der Waals surface area contributed by atoms with Crippen molar-refractivity contribution in [1.82, 2.24) is 15.3 Å². The minimum absolute atomic E-state index is 0.0225. The van der Waals surface area contributed by atoms with E-state index in [0.717, 1.165) is 0 Å². The largest absolute Gasteiger partial charge is 0.387 e. The van der Waals surface area contributed by atoms with Crippen molar-refractivity contribution in [3.05, 3.63) is 62.3 Å². The summed E-state index contributed by atoms with van der Waals surface area (Å²) in [6.45, 7) is 5.40. The Morgan fingerprint density at radius 1 is 1.33 bits per heavy atom. The van der Waals surface area contributed by atoms with Gasteiger partial charge in [-0.15, -0.1) is 0 Å². The number of nitrogens with one attached hydrogen (secondary N) is 2. The fourth-order valence-electron chi connectivity index (χ4n) is 2.23. The van der Waals surface area contributed by atoms with Crippen LogP contribution in [0.4, 0.5) is 0 Å². The van der Waals surface area contributed by atoms with Crippen LogP contribution in [0, 0.1) is 6.92 Å². The number of aliphatic hydroxyl groups excluding tert-OH is 1. The number of aliphatic hydroxyl groups is 1. The van der Waals surface area contributed by atoms with Crippen LogP contribution < -0.4 is 10.9 Å². The zero-order valence-electron chi connectivity index (χ0n) is 13.8. The number of benzene rings is 1. The van der Waals surface area contributed by atoms with Crippen molar-refractivity contribution in [1.29, 1.82) is 0 Å². The average molecular weight is 350 g/mol. The summed E-state index contributed by atoms with van der Waals surface area (Å²) in [5.41, 5.74) is 0.465. The third-order valence-corrected chi connectivity index (χ3v) is 3.86. The zero-order chi connectivity index (χ0) is 17.9. The van der Waals surface area contributed by atoms with Gasteiger partial charge < -0.3 is 15.4 Å². The highest BCUT2D eigenvalue weighted by Gasteiger charge is 2.18. The van der Waals surface area contributed by atoms with Gasteiger partial charge in [-0.05, 0) is 24.6 Å². The van der Waals surface area contributed by atoms with E-state index in [2.05, 4.69) is 15.3 Å². The maximum atomic E-state index is 12.3. The molecule has 0 fully saturated rings. The van der Waals surface area contributed by atoms with Crippen LogP contribution >= 0.6 is 11.6 Å². The van der Waals surface area contributed by atoms with Crippen LogP contribution in [-0.2, 0) is 0 Å². The molecule has 1 aromatic carbocycles. The van der Waals surface area contributed by atoms with Crippen molar-refractivity contribution in [2.45, 2.75) is 32.8 Å². The molecule has 0 aliphatic rings. The number of aromatic amines is 1. The highest BCUT2D eigenvalue weighted by Crippen LogP contribution is 2.16. The fourth-order valence-corrected chi connectivity index (χ4v) is 2.36. The zero-order valence-corrected chi connectivity index (χ0v) is 14.5. The van der Waals surface area contributed by atoms with Crippen molar-refractivity contribution in [3.8, 4) is 0 Å². The Morgan fingerprint density at radius 3 is 2.50 bits per heavy atom. The molecule has 24 heavy (non-hydrogen) atoms. The third kappa shape index (κ3) is 4.21. The van der Waals surface area contributed by atoms with Gasteiger partial charge in [0.1, 0.15) is 11.4 Å². The molecule has 0 bridgehead atoms. The minimum atomic E-state index is -0.895. The number of hydrogen-bond donors (Lipinski definition) is 3. The van der Waals surface area contributed by atoms with E-state index in [9.17, 15) is 14.7 Å². The van der Waals surface area contributed by atoms with Crippen molar-refractivity contribution in [2.75, 3.05) is 6.54 Å². The summed E-state index contributed by atoms with van der Waals surface area (Å²) in [5.74, 6) is 0.0278. The van der Waals surface area contributed by atoms with Gasteiger partial charge in [0.15, 0.2) is 0 Å². The highest BCUT2D eigenvalue weighted by atomic mass is 35.5. The average Bonchev–Trinajstić information content (AvgIpc) is 2.52. The lowest BCUT2D eigenvalue weighted by molar-refractivity contribution is 0.0913. The quantitative estimate of drug-likeness (QED) is 0.772. The first-order valence-corrected chi connectivity index (χ1v) is 8.00. The lowest BCUT2D eigenvalue weighted by Crippen LogP contribution is -2.34. The lowest BCUT2D eigenvalue weighted by atomic mass is 10.1.